The lowest BCUT2D eigenvalue weighted by molar-refractivity contribution is 0.0600. The molecule has 0 aliphatic rings. The molecule has 0 aliphatic heterocycles. The van der Waals surface area contributed by atoms with E-state index in [-0.39, 0.29) is 5.56 Å². The molecule has 5 heteroatoms. The zero-order chi connectivity index (χ0) is 12.4. The van der Waals surface area contributed by atoms with Crippen LogP contribution in [0.4, 0.5) is 0 Å². The Kier molecular flexibility index (Phi) is 2.74. The maximum atomic E-state index is 11.3. The van der Waals surface area contributed by atoms with Gasteiger partial charge in [-0.05, 0) is 18.2 Å². The van der Waals surface area contributed by atoms with E-state index in [4.69, 9.17) is 5.11 Å². The van der Waals surface area contributed by atoms with Crippen LogP contribution >= 0.6 is 0 Å². The average Bonchev–Trinajstić information content (AvgIpc) is 2.36. The van der Waals surface area contributed by atoms with Crippen molar-refractivity contribution in [3.63, 3.8) is 0 Å². The number of esters is 1. The predicted octanol–water partition coefficient (Wildman–Crippen LogP) is 1.72. The van der Waals surface area contributed by atoms with E-state index in [9.17, 15) is 9.59 Å². The summed E-state index contributed by atoms with van der Waals surface area (Å²) in [7, 11) is 1.29. The van der Waals surface area contributed by atoms with E-state index in [0.717, 1.165) is 0 Å². The average molecular weight is 231 g/mol. The van der Waals surface area contributed by atoms with Crippen molar-refractivity contribution in [2.75, 3.05) is 7.11 Å². The summed E-state index contributed by atoms with van der Waals surface area (Å²) in [6.07, 6.45) is 1.40. The molecule has 1 aromatic heterocycles. The molecule has 0 saturated heterocycles. The minimum atomic E-state index is -1.02. The molecule has 2 rings (SSSR count). The number of aromatic nitrogens is 1. The molecular formula is C12H9NO4. The van der Waals surface area contributed by atoms with Crippen LogP contribution in [0.25, 0.3) is 10.9 Å². The number of fused-ring (bicyclic) bond motifs is 1. The first kappa shape index (κ1) is 11.1. The summed E-state index contributed by atoms with van der Waals surface area (Å²) in [6.45, 7) is 0. The minimum Gasteiger partial charge on any atom is -0.478 e. The van der Waals surface area contributed by atoms with Crippen LogP contribution < -0.4 is 0 Å². The van der Waals surface area contributed by atoms with Gasteiger partial charge in [-0.25, -0.2) is 9.59 Å². The van der Waals surface area contributed by atoms with E-state index in [1.165, 1.54) is 31.5 Å². The van der Waals surface area contributed by atoms with Gasteiger partial charge in [0.25, 0.3) is 0 Å². The molecule has 0 fully saturated rings. The summed E-state index contributed by atoms with van der Waals surface area (Å²) < 4.78 is 4.58. The Hall–Kier alpha value is -2.43. The Morgan fingerprint density at radius 3 is 2.71 bits per heavy atom. The Labute approximate surface area is 96.7 Å². The van der Waals surface area contributed by atoms with Gasteiger partial charge in [-0.15, -0.1) is 0 Å². The third kappa shape index (κ3) is 1.94. The number of benzene rings is 1. The predicted molar refractivity (Wildman–Crippen MR) is 60.0 cm³/mol. The van der Waals surface area contributed by atoms with E-state index >= 15 is 0 Å². The minimum absolute atomic E-state index is 0.159. The molecule has 2 aromatic rings. The first-order chi connectivity index (χ1) is 8.13. The van der Waals surface area contributed by atoms with E-state index in [1.54, 1.807) is 6.07 Å². The van der Waals surface area contributed by atoms with Gasteiger partial charge in [0, 0.05) is 11.6 Å². The zero-order valence-electron chi connectivity index (χ0n) is 9.01. The summed E-state index contributed by atoms with van der Waals surface area (Å²) in [5.74, 6) is -1.50. The number of hydrogen-bond acceptors (Lipinski definition) is 4. The van der Waals surface area contributed by atoms with Crippen LogP contribution in [0.2, 0.25) is 0 Å². The third-order valence-electron chi connectivity index (χ3n) is 2.39. The van der Waals surface area contributed by atoms with Crippen molar-refractivity contribution in [2.24, 2.45) is 0 Å². The van der Waals surface area contributed by atoms with Gasteiger partial charge in [0.15, 0.2) is 0 Å². The highest BCUT2D eigenvalue weighted by molar-refractivity contribution is 6.04. The number of nitrogens with zero attached hydrogens (tertiary/aromatic N) is 1. The lowest BCUT2D eigenvalue weighted by atomic mass is 10.1. The normalized spacial score (nSPS) is 10.2. The molecule has 86 valence electrons. The third-order valence-corrected chi connectivity index (χ3v) is 2.39. The maximum Gasteiger partial charge on any atom is 0.337 e. The van der Waals surface area contributed by atoms with Crippen molar-refractivity contribution < 1.29 is 19.4 Å². The van der Waals surface area contributed by atoms with E-state index in [2.05, 4.69) is 9.72 Å². The molecule has 0 bridgehead atoms. The van der Waals surface area contributed by atoms with Gasteiger partial charge in [-0.2, -0.15) is 0 Å². The Morgan fingerprint density at radius 2 is 2.06 bits per heavy atom. The van der Waals surface area contributed by atoms with Crippen LogP contribution in [-0.2, 0) is 4.74 Å². The van der Waals surface area contributed by atoms with Crippen molar-refractivity contribution >= 4 is 22.8 Å². The van der Waals surface area contributed by atoms with Crippen molar-refractivity contribution in [1.82, 2.24) is 4.98 Å². The second kappa shape index (κ2) is 4.21. The Bertz CT molecular complexity index is 606. The summed E-state index contributed by atoms with van der Waals surface area (Å²) in [5.41, 5.74) is 0.953. The molecule has 0 amide bonds. The molecule has 0 radical (unpaired) electrons. The van der Waals surface area contributed by atoms with E-state index in [1.807, 2.05) is 0 Å². The van der Waals surface area contributed by atoms with Gasteiger partial charge < -0.3 is 9.84 Å². The molecule has 0 unspecified atom stereocenters. The molecule has 5 nitrogen and oxygen atoms in total. The number of ether oxygens (including phenoxy) is 1. The zero-order valence-corrected chi connectivity index (χ0v) is 9.01. The fourth-order valence-electron chi connectivity index (χ4n) is 1.58. The largest absolute Gasteiger partial charge is 0.478 e. The molecule has 0 spiro atoms. The van der Waals surface area contributed by atoms with Crippen molar-refractivity contribution in [3.05, 3.63) is 41.6 Å². The first-order valence-corrected chi connectivity index (χ1v) is 4.84. The van der Waals surface area contributed by atoms with Crippen LogP contribution in [0.15, 0.2) is 30.5 Å². The number of hydrogen-bond donors (Lipinski definition) is 1. The molecule has 1 N–H and O–H groups in total. The number of carboxylic acid groups (broad SMARTS) is 1. The van der Waals surface area contributed by atoms with Gasteiger partial charge in [0.2, 0.25) is 0 Å². The van der Waals surface area contributed by atoms with Gasteiger partial charge in [-0.1, -0.05) is 6.07 Å². The molecule has 1 heterocycles. The molecular weight excluding hydrogens is 222 g/mol. The number of carbonyl (C=O) groups is 2. The fraction of sp³-hybridized carbons (Fsp3) is 0.0833. The quantitative estimate of drug-likeness (QED) is 0.796. The van der Waals surface area contributed by atoms with E-state index < -0.39 is 11.9 Å². The lowest BCUT2D eigenvalue weighted by Crippen LogP contribution is -2.02. The van der Waals surface area contributed by atoms with Crippen LogP contribution in [0.3, 0.4) is 0 Å². The molecule has 0 aliphatic carbocycles. The van der Waals surface area contributed by atoms with Crippen LogP contribution in [0.5, 0.6) is 0 Å². The number of rotatable bonds is 2. The Balaban J connectivity index is 2.65. The molecule has 0 atom stereocenters. The fourth-order valence-corrected chi connectivity index (χ4v) is 1.58. The number of pyridine rings is 1. The second-order valence-electron chi connectivity index (χ2n) is 3.39. The maximum absolute atomic E-state index is 11.3. The van der Waals surface area contributed by atoms with Gasteiger partial charge in [0.05, 0.1) is 23.8 Å². The summed E-state index contributed by atoms with van der Waals surface area (Å²) in [6, 6.07) is 6.00. The van der Waals surface area contributed by atoms with Crippen molar-refractivity contribution in [3.8, 4) is 0 Å². The number of methoxy groups -OCH3 is 1. The SMILES string of the molecule is COC(=O)c1ccc2c(C(=O)O)ccnc2c1. The lowest BCUT2D eigenvalue weighted by Gasteiger charge is -2.03. The summed E-state index contributed by atoms with van der Waals surface area (Å²) >= 11 is 0. The van der Waals surface area contributed by atoms with Crippen LogP contribution in [-0.4, -0.2) is 29.1 Å². The summed E-state index contributed by atoms with van der Waals surface area (Å²) in [5, 5.41) is 9.48. The molecule has 1 aromatic carbocycles. The monoisotopic (exact) mass is 231 g/mol. The van der Waals surface area contributed by atoms with Gasteiger partial charge in [0.1, 0.15) is 0 Å². The summed E-state index contributed by atoms with van der Waals surface area (Å²) in [4.78, 5) is 26.3. The first-order valence-electron chi connectivity index (χ1n) is 4.84. The molecule has 17 heavy (non-hydrogen) atoms. The second-order valence-corrected chi connectivity index (χ2v) is 3.39. The highest BCUT2D eigenvalue weighted by Gasteiger charge is 2.11. The van der Waals surface area contributed by atoms with Crippen molar-refractivity contribution in [2.45, 2.75) is 0 Å². The topological polar surface area (TPSA) is 76.5 Å². The van der Waals surface area contributed by atoms with E-state index in [0.29, 0.717) is 16.5 Å². The van der Waals surface area contributed by atoms with Crippen LogP contribution in [0.1, 0.15) is 20.7 Å². The smallest absolute Gasteiger partial charge is 0.337 e. The highest BCUT2D eigenvalue weighted by atomic mass is 16.5. The van der Waals surface area contributed by atoms with Gasteiger partial charge in [-0.3, -0.25) is 4.98 Å². The van der Waals surface area contributed by atoms with Gasteiger partial charge >= 0.3 is 11.9 Å². The number of aromatic carboxylic acids is 1. The Morgan fingerprint density at radius 1 is 1.29 bits per heavy atom. The standard InChI is InChI=1S/C12H9NO4/c1-17-12(16)7-2-3-8-9(11(14)15)4-5-13-10(8)6-7/h2-6H,1H3,(H,14,15). The highest BCUT2D eigenvalue weighted by Crippen LogP contribution is 2.18. The molecule has 0 saturated carbocycles. The van der Waals surface area contributed by atoms with Crippen molar-refractivity contribution in [1.29, 1.82) is 0 Å². The number of carboxylic acids is 1. The van der Waals surface area contributed by atoms with Crippen LogP contribution in [0, 0.1) is 0 Å². The number of carbonyl (C=O) groups excluding carboxylic acids is 1.